The first-order valence-electron chi connectivity index (χ1n) is 35.3. The van der Waals surface area contributed by atoms with Crippen molar-refractivity contribution in [1.82, 2.24) is 0 Å². The van der Waals surface area contributed by atoms with E-state index in [1.54, 1.807) is 63.2 Å². The molecule has 1 saturated heterocycles. The zero-order valence-corrected chi connectivity index (χ0v) is 67.1. The van der Waals surface area contributed by atoms with E-state index >= 15 is 0 Å². The number of anilines is 5. The summed E-state index contributed by atoms with van der Waals surface area (Å²) in [6.07, 6.45) is 2.56. The Labute approximate surface area is 703 Å². The van der Waals surface area contributed by atoms with Crippen LogP contribution in [0.2, 0.25) is 0 Å². The molecule has 0 aliphatic carbocycles. The third kappa shape index (κ3) is 32.9. The predicted octanol–water partition coefficient (Wildman–Crippen LogP) is 19.5. The summed E-state index contributed by atoms with van der Waals surface area (Å²) in [7, 11) is -1.34. The molecule has 22 nitrogen and oxygen atoms in total. The first-order chi connectivity index (χ1) is 50.8. The molecule has 6 aliphatic heterocycles. The molecule has 6 aliphatic rings. The van der Waals surface area contributed by atoms with Gasteiger partial charge in [0.2, 0.25) is 23.0 Å². The Morgan fingerprint density at radius 2 is 0.719 bits per heavy atom. The van der Waals surface area contributed by atoms with Crippen molar-refractivity contribution in [2.45, 2.75) is 140 Å². The van der Waals surface area contributed by atoms with E-state index in [2.05, 4.69) is 38.5 Å². The van der Waals surface area contributed by atoms with E-state index in [1.165, 1.54) is 12.8 Å². The summed E-state index contributed by atoms with van der Waals surface area (Å²) in [5.41, 5.74) is 17.9. The van der Waals surface area contributed by atoms with Gasteiger partial charge in [-0.3, -0.25) is 19.2 Å². The molecule has 0 spiro atoms. The summed E-state index contributed by atoms with van der Waals surface area (Å²) in [5.74, 6) is 7.24. The molecule has 8 aromatic rings. The number of halogens is 3. The van der Waals surface area contributed by atoms with Crippen molar-refractivity contribution >= 4 is 111 Å². The van der Waals surface area contributed by atoms with Crippen LogP contribution in [-0.4, -0.2) is 119 Å². The molecule has 6 heterocycles. The number of ether oxygens (including phenoxy) is 11. The highest BCUT2D eigenvalue weighted by Crippen LogP contribution is 2.47. The summed E-state index contributed by atoms with van der Waals surface area (Å²) >= 11 is 7.28. The van der Waals surface area contributed by atoms with E-state index in [-0.39, 0.29) is 85.3 Å². The molecule has 8 aromatic carbocycles. The Hall–Kier alpha value is -9.31. The highest BCUT2D eigenvalue weighted by atomic mass is 127. The lowest BCUT2D eigenvalue weighted by Gasteiger charge is -2.25. The summed E-state index contributed by atoms with van der Waals surface area (Å²) in [6, 6.07) is 50.5. The minimum Gasteiger partial charge on any atom is -0.486 e. The number of carbonyl (C=O) groups excluding carboxylic acids is 4. The van der Waals surface area contributed by atoms with Gasteiger partial charge >= 0.3 is 7.12 Å². The van der Waals surface area contributed by atoms with Crippen molar-refractivity contribution in [2.24, 2.45) is 21.7 Å². The summed E-state index contributed by atoms with van der Waals surface area (Å²) < 4.78 is 61.1. The van der Waals surface area contributed by atoms with E-state index < -0.39 is 23.4 Å². The van der Waals surface area contributed by atoms with Crippen molar-refractivity contribution in [1.29, 1.82) is 0 Å². The molecule has 628 valence electrons. The van der Waals surface area contributed by atoms with Gasteiger partial charge in [0, 0.05) is 64.1 Å². The van der Waals surface area contributed by atoms with Crippen molar-refractivity contribution < 1.29 is 81.3 Å². The summed E-state index contributed by atoms with van der Waals surface area (Å²) in [5, 5.41) is 25.7. The van der Waals surface area contributed by atoms with E-state index in [4.69, 9.17) is 85.2 Å². The number of nitrogens with one attached hydrogen (secondary N) is 3. The van der Waals surface area contributed by atoms with Gasteiger partial charge in [-0.25, -0.2) is 0 Å². The molecule has 9 N–H and O–H groups in total. The zero-order chi connectivity index (χ0) is 77.9. The molecule has 114 heavy (non-hydrogen) atoms. The summed E-state index contributed by atoms with van der Waals surface area (Å²) in [6.45, 7) is 29.9. The van der Waals surface area contributed by atoms with Crippen LogP contribution >= 0.6 is 46.6 Å². The first kappa shape index (κ1) is 105. The molecule has 0 atom stereocenters. The van der Waals surface area contributed by atoms with Crippen molar-refractivity contribution in [2.75, 3.05) is 107 Å². The highest BCUT2D eigenvalue weighted by Gasteiger charge is 2.29. The van der Waals surface area contributed by atoms with Gasteiger partial charge in [-0.05, 0) is 124 Å². The third-order valence-electron chi connectivity index (χ3n) is 15.6. The highest BCUT2D eigenvalue weighted by molar-refractivity contribution is 14.1. The number of rotatable bonds is 6. The van der Waals surface area contributed by atoms with Crippen LogP contribution in [0.25, 0.3) is 22.3 Å². The minimum absolute atomic E-state index is 0. The number of carbonyl (C=O) groups is 4. The number of nitrogen functional groups attached to an aromatic ring is 2. The van der Waals surface area contributed by atoms with Gasteiger partial charge in [0.05, 0.1) is 26.1 Å². The fourth-order valence-corrected chi connectivity index (χ4v) is 10.3. The molecule has 26 heteroatoms. The monoisotopic (exact) mass is 1730 g/mol. The molecule has 0 saturated carbocycles. The molecule has 0 bridgehead atoms. The molecule has 1 fully saturated rings. The molecule has 0 aromatic heterocycles. The Balaban J connectivity index is 0.00000131. The van der Waals surface area contributed by atoms with E-state index in [1.807, 2.05) is 184 Å². The first-order valence-corrected chi connectivity index (χ1v) is 36.7. The predicted molar refractivity (Wildman–Crippen MR) is 478 cm³/mol. The minimum atomic E-state index is -1.34. The quantitative estimate of drug-likeness (QED) is 0.0352. The van der Waals surface area contributed by atoms with Gasteiger partial charge in [0.25, 0.3) is 0 Å². The van der Waals surface area contributed by atoms with Crippen LogP contribution in [-0.2, 0) is 23.9 Å². The second kappa shape index (κ2) is 50.1. The number of benzene rings is 8. The smallest absolute Gasteiger partial charge is 0.486 e. The van der Waals surface area contributed by atoms with Crippen LogP contribution in [0.15, 0.2) is 164 Å². The van der Waals surface area contributed by atoms with E-state index in [0.29, 0.717) is 106 Å². The largest absolute Gasteiger partial charge is 0.488 e. The van der Waals surface area contributed by atoms with Crippen LogP contribution < -0.4 is 80.2 Å². The zero-order valence-electron chi connectivity index (χ0n) is 63.4. The summed E-state index contributed by atoms with van der Waals surface area (Å²) in [4.78, 5) is 46.4. The van der Waals surface area contributed by atoms with Crippen LogP contribution in [0.5, 0.6) is 57.5 Å². The van der Waals surface area contributed by atoms with Gasteiger partial charge in [0.15, 0.2) is 57.5 Å². The Morgan fingerprint density at radius 1 is 0.386 bits per heavy atom. The average molecular weight is 1730 g/mol. The number of amides is 3. The maximum atomic E-state index is 12.4. The number of hydrogen-bond acceptors (Lipinski definition) is 19. The Kier molecular flexibility index (Phi) is 46.0. The SMILES string of the molecule is C.C.C.C.C.C.C1CCOC1.CC(C)(C)C(=O)Cl.CC(C)(C)C(=O)Nc1ccc2c(c1)OCCO2.CC(C)(C)C(=O)Nc1ccc2c(c1-c1ccccc1)OCCO2.CC(C)(C)C(=O)Nc1ccc2c(c1I)OCCO2.Cl.Nc1ccc2c(c1)OCCO2.Nc1ccc2c(c1-c1ccccc1)OCCO2.OB(O)c1ccccc1. The fraction of sp³-hybridized carbons (Fsp3) is 0.409. The van der Waals surface area contributed by atoms with Crippen LogP contribution in [0, 0.1) is 25.2 Å². The number of hydrogen-bond donors (Lipinski definition) is 7. The van der Waals surface area contributed by atoms with E-state index in [9.17, 15) is 19.2 Å². The van der Waals surface area contributed by atoms with Gasteiger partial charge in [0.1, 0.15) is 66.1 Å². The normalized spacial score (nSPS) is 13.0. The van der Waals surface area contributed by atoms with Crippen molar-refractivity contribution in [3.05, 3.63) is 167 Å². The number of fused-ring (bicyclic) bond motifs is 5. The maximum Gasteiger partial charge on any atom is 0.488 e. The lowest BCUT2D eigenvalue weighted by atomic mass is 9.81. The van der Waals surface area contributed by atoms with Crippen LogP contribution in [0.4, 0.5) is 28.4 Å². The Bertz CT molecular complexity index is 4200. The van der Waals surface area contributed by atoms with Gasteiger partial charge in [-0.1, -0.05) is 219 Å². The lowest BCUT2D eigenvalue weighted by molar-refractivity contribution is -0.123. The van der Waals surface area contributed by atoms with Crippen LogP contribution in [0.1, 0.15) is 140 Å². The molecular formula is C88H125BCl2IN5O17. The second-order valence-corrected chi connectivity index (χ2v) is 30.2. The van der Waals surface area contributed by atoms with Crippen molar-refractivity contribution in [3.8, 4) is 79.7 Å². The Morgan fingerprint density at radius 3 is 1.13 bits per heavy atom. The van der Waals surface area contributed by atoms with E-state index in [0.717, 1.165) is 90.6 Å². The van der Waals surface area contributed by atoms with Gasteiger partial charge in [-0.2, -0.15) is 0 Å². The second-order valence-electron chi connectivity index (χ2n) is 28.8. The molecule has 0 unspecified atom stereocenters. The van der Waals surface area contributed by atoms with Gasteiger partial charge < -0.3 is 89.6 Å². The van der Waals surface area contributed by atoms with Gasteiger partial charge in [-0.15, -0.1) is 12.4 Å². The molecule has 3 amide bonds. The van der Waals surface area contributed by atoms with Crippen LogP contribution in [0.3, 0.4) is 0 Å². The average Bonchev–Trinajstić information content (AvgIpc) is 0.843. The maximum absolute atomic E-state index is 12.4. The standard InChI is InChI=1S/C19H21NO3.C14H13NO2.C13H16INO3.C13H17NO3.C8H9NO2.C6H7BO2.C5H9ClO.C4H8O.6CH4.ClH/c1-19(2,3)18(21)20-14-9-10-15-17(23-12-11-22-15)16(14)13-7-5-4-6-8-13;15-11-6-7-12-14(17-9-8-16-12)13(11)10-4-2-1-3-5-10;1-13(2,3)12(16)15-8-4-5-9-11(10(8)14)18-7-6-17-9;1-13(2,3)12(15)14-9-4-5-10-11(8-9)17-7-6-16-10;9-6-1-2-7-8(5-6)11-4-3-10-7;8-7(9)6-4-2-1-3-5-6;1-5(2,3)4(6)7;1-2-4-5-3-1;;;;;;;/h4-10H,11-12H2,1-3H3,(H,20,21);1-7H,8-9,15H2;4-5H,6-7H2,1-3H3,(H,15,16);4-5,8H,6-7H2,1-3H3,(H,14,15);1-2,5H,3-4,9H2;1-5,8-9H;1-3H3;1-4H2;6*1H4;1H. The molecule has 0 radical (unpaired) electrons. The van der Waals surface area contributed by atoms with Crippen molar-refractivity contribution in [3.63, 3.8) is 0 Å². The fourth-order valence-electron chi connectivity index (χ4n) is 9.58. The molecule has 14 rings (SSSR count). The third-order valence-corrected chi connectivity index (χ3v) is 17.3. The topological polar surface area (TPSA) is 298 Å². The lowest BCUT2D eigenvalue weighted by Crippen LogP contribution is -2.29. The molecular weight excluding hydrogens is 1610 g/mol. The number of nitrogens with two attached hydrogens (primary N) is 2.